The van der Waals surface area contributed by atoms with Gasteiger partial charge in [-0.15, -0.1) is 0 Å². The number of hydrogen-bond acceptors (Lipinski definition) is 4. The molecular weight excluding hydrogens is 313 g/mol. The van der Waals surface area contributed by atoms with Gasteiger partial charge in [-0.3, -0.25) is 9.59 Å². The lowest BCUT2D eigenvalue weighted by Crippen LogP contribution is -2.35. The number of likely N-dealkylation sites (N-methyl/N-ethyl adjacent to an activating group) is 1. The minimum Gasteiger partial charge on any atom is -0.489 e. The molecule has 0 aliphatic heterocycles. The summed E-state index contributed by atoms with van der Waals surface area (Å²) in [5, 5.41) is 5.86. The third kappa shape index (κ3) is 5.20. The van der Waals surface area contributed by atoms with Gasteiger partial charge in [0.2, 0.25) is 0 Å². The van der Waals surface area contributed by atoms with Crippen LogP contribution in [0.1, 0.15) is 11.1 Å². The van der Waals surface area contributed by atoms with Crippen molar-refractivity contribution in [3.8, 4) is 5.75 Å². The SMILES string of the molecule is CNC(=O)C(=O)N/N=C\c1ccc(OCc2cccc(F)c2)cc1. The summed E-state index contributed by atoms with van der Waals surface area (Å²) >= 11 is 0. The number of rotatable bonds is 5. The summed E-state index contributed by atoms with van der Waals surface area (Å²) in [4.78, 5) is 22.2. The lowest BCUT2D eigenvalue weighted by molar-refractivity contribution is -0.138. The van der Waals surface area contributed by atoms with Gasteiger partial charge in [0.05, 0.1) is 6.21 Å². The van der Waals surface area contributed by atoms with Crippen LogP contribution in [0.25, 0.3) is 0 Å². The van der Waals surface area contributed by atoms with Crippen molar-refractivity contribution in [1.29, 1.82) is 0 Å². The van der Waals surface area contributed by atoms with Crippen LogP contribution in [0.4, 0.5) is 4.39 Å². The van der Waals surface area contributed by atoms with Gasteiger partial charge < -0.3 is 10.1 Å². The normalized spacial score (nSPS) is 10.4. The molecule has 0 bridgehead atoms. The fraction of sp³-hybridized carbons (Fsp3) is 0.118. The molecule has 0 unspecified atom stereocenters. The Morgan fingerprint density at radius 3 is 2.58 bits per heavy atom. The average molecular weight is 329 g/mol. The molecule has 2 N–H and O–H groups in total. The first-order valence-electron chi connectivity index (χ1n) is 7.11. The monoisotopic (exact) mass is 329 g/mol. The van der Waals surface area contributed by atoms with E-state index < -0.39 is 11.8 Å². The Bertz CT molecular complexity index is 745. The predicted molar refractivity (Wildman–Crippen MR) is 87.0 cm³/mol. The van der Waals surface area contributed by atoms with Gasteiger partial charge in [-0.1, -0.05) is 12.1 Å². The number of benzene rings is 2. The Morgan fingerprint density at radius 1 is 1.17 bits per heavy atom. The second-order valence-corrected chi connectivity index (χ2v) is 4.77. The van der Waals surface area contributed by atoms with Crippen molar-refractivity contribution in [2.75, 3.05) is 7.05 Å². The summed E-state index contributed by atoms with van der Waals surface area (Å²) in [6.07, 6.45) is 1.40. The minimum atomic E-state index is -0.844. The molecule has 0 atom stereocenters. The number of carbonyl (C=O) groups is 2. The standard InChI is InChI=1S/C17H16FN3O3/c1-19-16(22)17(23)21-20-10-12-5-7-15(8-6-12)24-11-13-3-2-4-14(18)9-13/h2-10H,11H2,1H3,(H,19,22)(H,21,23)/b20-10-. The van der Waals surface area contributed by atoms with Gasteiger partial charge in [-0.05, 0) is 47.5 Å². The predicted octanol–water partition coefficient (Wildman–Crippen LogP) is 1.60. The number of hydrazone groups is 1. The number of carbonyl (C=O) groups excluding carboxylic acids is 2. The van der Waals surface area contributed by atoms with E-state index in [2.05, 4.69) is 15.8 Å². The topological polar surface area (TPSA) is 79.8 Å². The highest BCUT2D eigenvalue weighted by atomic mass is 19.1. The Morgan fingerprint density at radius 2 is 1.92 bits per heavy atom. The van der Waals surface area contributed by atoms with Gasteiger partial charge in [-0.2, -0.15) is 5.10 Å². The van der Waals surface area contributed by atoms with Crippen LogP contribution in [0.2, 0.25) is 0 Å². The number of nitrogens with one attached hydrogen (secondary N) is 2. The number of hydrogen-bond donors (Lipinski definition) is 2. The molecule has 2 amide bonds. The smallest absolute Gasteiger partial charge is 0.329 e. The minimum absolute atomic E-state index is 0.257. The van der Waals surface area contributed by atoms with Gasteiger partial charge in [0.1, 0.15) is 18.2 Å². The number of nitrogens with zero attached hydrogens (tertiary/aromatic N) is 1. The fourth-order valence-corrected chi connectivity index (χ4v) is 1.77. The summed E-state index contributed by atoms with van der Waals surface area (Å²) in [5.74, 6) is -1.30. The van der Waals surface area contributed by atoms with Crippen LogP contribution in [0, 0.1) is 5.82 Å². The van der Waals surface area contributed by atoms with E-state index in [4.69, 9.17) is 4.74 Å². The molecule has 2 rings (SSSR count). The van der Waals surface area contributed by atoms with E-state index in [-0.39, 0.29) is 12.4 Å². The van der Waals surface area contributed by atoms with Gasteiger partial charge in [0.15, 0.2) is 0 Å². The van der Waals surface area contributed by atoms with Crippen LogP contribution in [-0.4, -0.2) is 25.1 Å². The molecule has 0 saturated carbocycles. The highest BCUT2D eigenvalue weighted by Crippen LogP contribution is 2.14. The van der Waals surface area contributed by atoms with Crippen molar-refractivity contribution in [3.63, 3.8) is 0 Å². The first-order chi connectivity index (χ1) is 11.6. The number of ether oxygens (including phenoxy) is 1. The van der Waals surface area contributed by atoms with E-state index in [1.807, 2.05) is 0 Å². The van der Waals surface area contributed by atoms with Crippen molar-refractivity contribution < 1.29 is 18.7 Å². The molecular formula is C17H16FN3O3. The van der Waals surface area contributed by atoms with E-state index in [1.54, 1.807) is 36.4 Å². The van der Waals surface area contributed by atoms with E-state index in [0.29, 0.717) is 11.3 Å². The van der Waals surface area contributed by atoms with E-state index in [9.17, 15) is 14.0 Å². The zero-order valence-corrected chi connectivity index (χ0v) is 13.0. The maximum atomic E-state index is 13.1. The highest BCUT2D eigenvalue weighted by molar-refractivity contribution is 6.34. The molecule has 0 aromatic heterocycles. The largest absolute Gasteiger partial charge is 0.489 e. The van der Waals surface area contributed by atoms with Gasteiger partial charge in [0.25, 0.3) is 0 Å². The Hall–Kier alpha value is -3.22. The molecule has 124 valence electrons. The lowest BCUT2D eigenvalue weighted by atomic mass is 10.2. The van der Waals surface area contributed by atoms with E-state index in [1.165, 1.54) is 25.4 Å². The number of halogens is 1. The molecule has 0 saturated heterocycles. The molecule has 0 fully saturated rings. The molecule has 6 nitrogen and oxygen atoms in total. The zero-order chi connectivity index (χ0) is 17.4. The van der Waals surface area contributed by atoms with Crippen molar-refractivity contribution in [2.24, 2.45) is 5.10 Å². The van der Waals surface area contributed by atoms with Crippen LogP contribution in [0.3, 0.4) is 0 Å². The van der Waals surface area contributed by atoms with Gasteiger partial charge in [0, 0.05) is 7.05 Å². The van der Waals surface area contributed by atoms with Gasteiger partial charge >= 0.3 is 11.8 Å². The van der Waals surface area contributed by atoms with Crippen molar-refractivity contribution in [3.05, 3.63) is 65.5 Å². The third-order valence-corrected chi connectivity index (χ3v) is 2.99. The first kappa shape index (κ1) is 17.1. The Balaban J connectivity index is 1.86. The molecule has 0 radical (unpaired) electrons. The van der Waals surface area contributed by atoms with Gasteiger partial charge in [-0.25, -0.2) is 9.82 Å². The summed E-state index contributed by atoms with van der Waals surface area (Å²) in [6, 6.07) is 13.1. The molecule has 0 aliphatic carbocycles. The summed E-state index contributed by atoms with van der Waals surface area (Å²) < 4.78 is 18.6. The summed E-state index contributed by atoms with van der Waals surface area (Å²) in [6.45, 7) is 0.257. The van der Waals surface area contributed by atoms with Crippen LogP contribution in [0.5, 0.6) is 5.75 Å². The molecule has 0 heterocycles. The molecule has 0 spiro atoms. The quantitative estimate of drug-likeness (QED) is 0.497. The van der Waals surface area contributed by atoms with Crippen LogP contribution < -0.4 is 15.5 Å². The van der Waals surface area contributed by atoms with Crippen molar-refractivity contribution in [2.45, 2.75) is 6.61 Å². The maximum Gasteiger partial charge on any atom is 0.329 e. The maximum absolute atomic E-state index is 13.1. The van der Waals surface area contributed by atoms with Crippen molar-refractivity contribution in [1.82, 2.24) is 10.7 Å². The molecule has 24 heavy (non-hydrogen) atoms. The fourth-order valence-electron chi connectivity index (χ4n) is 1.77. The Labute approximate surface area is 138 Å². The van der Waals surface area contributed by atoms with E-state index >= 15 is 0 Å². The summed E-state index contributed by atoms with van der Waals surface area (Å²) in [7, 11) is 1.36. The first-order valence-corrected chi connectivity index (χ1v) is 7.11. The lowest BCUT2D eigenvalue weighted by Gasteiger charge is -2.06. The van der Waals surface area contributed by atoms with Crippen LogP contribution in [0.15, 0.2) is 53.6 Å². The molecule has 0 aliphatic rings. The average Bonchev–Trinajstić information content (AvgIpc) is 2.60. The second kappa shape index (κ2) is 8.42. The Kier molecular flexibility index (Phi) is 6.01. The van der Waals surface area contributed by atoms with Crippen molar-refractivity contribution >= 4 is 18.0 Å². The zero-order valence-electron chi connectivity index (χ0n) is 13.0. The molecule has 7 heteroatoms. The summed E-state index contributed by atoms with van der Waals surface area (Å²) in [5.41, 5.74) is 3.55. The third-order valence-electron chi connectivity index (χ3n) is 2.99. The van der Waals surface area contributed by atoms with E-state index in [0.717, 1.165) is 5.56 Å². The van der Waals surface area contributed by atoms with Crippen LogP contribution in [-0.2, 0) is 16.2 Å². The van der Waals surface area contributed by atoms with Crippen LogP contribution >= 0.6 is 0 Å². The highest BCUT2D eigenvalue weighted by Gasteiger charge is 2.08. The number of amides is 2. The molecule has 2 aromatic carbocycles. The molecule has 2 aromatic rings. The second-order valence-electron chi connectivity index (χ2n) is 4.77.